The van der Waals surface area contributed by atoms with Crippen molar-refractivity contribution in [2.75, 3.05) is 20.2 Å². The molecule has 1 rings (SSSR count). The molecule has 0 saturated carbocycles. The zero-order valence-electron chi connectivity index (χ0n) is 10.5. The van der Waals surface area contributed by atoms with Gasteiger partial charge in [0.1, 0.15) is 13.1 Å². The van der Waals surface area contributed by atoms with Crippen molar-refractivity contribution in [2.45, 2.75) is 13.8 Å². The largest absolute Gasteiger partial charge is 0.468 e. The molecule has 0 N–H and O–H groups in total. The lowest BCUT2D eigenvalue weighted by Gasteiger charge is -2.17. The lowest BCUT2D eigenvalue weighted by atomic mass is 10.2. The van der Waals surface area contributed by atoms with Gasteiger partial charge in [0, 0.05) is 9.75 Å². The van der Waals surface area contributed by atoms with E-state index in [-0.39, 0.29) is 19.0 Å². The molecule has 0 bridgehead atoms. The Hall–Kier alpha value is -1.87. The van der Waals surface area contributed by atoms with Gasteiger partial charge in [0.15, 0.2) is 0 Å². The molecule has 1 aromatic rings. The molecular weight excluding hydrogens is 252 g/mol. The van der Waals surface area contributed by atoms with E-state index in [0.29, 0.717) is 5.56 Å². The second-order valence-electron chi connectivity index (χ2n) is 3.72. The summed E-state index contributed by atoms with van der Waals surface area (Å²) >= 11 is 1.51. The first-order valence-electron chi connectivity index (χ1n) is 5.29. The number of ether oxygens (including phenoxy) is 1. The van der Waals surface area contributed by atoms with E-state index in [0.717, 1.165) is 9.75 Å². The summed E-state index contributed by atoms with van der Waals surface area (Å²) in [6, 6.07) is 3.64. The highest BCUT2D eigenvalue weighted by Crippen LogP contribution is 2.21. The van der Waals surface area contributed by atoms with Gasteiger partial charge in [0.25, 0.3) is 5.91 Å². The van der Waals surface area contributed by atoms with Crippen molar-refractivity contribution in [3.05, 3.63) is 21.4 Å². The number of aryl methyl sites for hydroxylation is 2. The van der Waals surface area contributed by atoms with E-state index in [4.69, 9.17) is 5.26 Å². The molecule has 18 heavy (non-hydrogen) atoms. The molecular formula is C12H14N2O3S. The monoisotopic (exact) mass is 266 g/mol. The zero-order valence-corrected chi connectivity index (χ0v) is 11.3. The number of nitriles is 1. The number of hydrogen-bond donors (Lipinski definition) is 0. The van der Waals surface area contributed by atoms with Gasteiger partial charge in [-0.2, -0.15) is 5.26 Å². The van der Waals surface area contributed by atoms with Crippen LogP contribution in [0, 0.1) is 25.2 Å². The molecule has 1 aromatic heterocycles. The third-order valence-electron chi connectivity index (χ3n) is 2.37. The van der Waals surface area contributed by atoms with E-state index >= 15 is 0 Å². The summed E-state index contributed by atoms with van der Waals surface area (Å²) in [7, 11) is 1.25. The second-order valence-corrected chi connectivity index (χ2v) is 5.18. The third-order valence-corrected chi connectivity index (χ3v) is 3.33. The third kappa shape index (κ3) is 3.31. The summed E-state index contributed by atoms with van der Waals surface area (Å²) in [4.78, 5) is 26.5. The van der Waals surface area contributed by atoms with Gasteiger partial charge in [-0.15, -0.1) is 11.3 Å². The van der Waals surface area contributed by atoms with E-state index < -0.39 is 5.97 Å². The van der Waals surface area contributed by atoms with Crippen molar-refractivity contribution in [3.8, 4) is 6.07 Å². The van der Waals surface area contributed by atoms with Crippen LogP contribution in [0.2, 0.25) is 0 Å². The van der Waals surface area contributed by atoms with Gasteiger partial charge in [-0.1, -0.05) is 0 Å². The number of esters is 1. The second kappa shape index (κ2) is 6.17. The van der Waals surface area contributed by atoms with E-state index in [1.165, 1.54) is 23.3 Å². The van der Waals surface area contributed by atoms with Gasteiger partial charge < -0.3 is 9.64 Å². The van der Waals surface area contributed by atoms with Crippen LogP contribution in [0.1, 0.15) is 20.1 Å². The summed E-state index contributed by atoms with van der Waals surface area (Å²) in [5, 5.41) is 8.70. The first kappa shape index (κ1) is 14.2. The summed E-state index contributed by atoms with van der Waals surface area (Å²) < 4.78 is 4.51. The van der Waals surface area contributed by atoms with Gasteiger partial charge in [-0.25, -0.2) is 0 Å². The summed E-state index contributed by atoms with van der Waals surface area (Å²) in [6.07, 6.45) is 0. The summed E-state index contributed by atoms with van der Waals surface area (Å²) in [6.45, 7) is 3.40. The molecule has 6 heteroatoms. The molecule has 0 fully saturated rings. The van der Waals surface area contributed by atoms with E-state index in [1.807, 2.05) is 19.9 Å². The Morgan fingerprint density at radius 2 is 2.17 bits per heavy atom. The van der Waals surface area contributed by atoms with E-state index in [9.17, 15) is 9.59 Å². The smallest absolute Gasteiger partial charge is 0.325 e. The molecule has 0 aliphatic heterocycles. The Kier molecular flexibility index (Phi) is 4.86. The fourth-order valence-corrected chi connectivity index (χ4v) is 2.43. The van der Waals surface area contributed by atoms with Crippen molar-refractivity contribution in [1.29, 1.82) is 5.26 Å². The Bertz CT molecular complexity index is 502. The molecule has 0 saturated heterocycles. The molecule has 1 amide bonds. The number of carbonyl (C=O) groups excluding carboxylic acids is 2. The molecule has 0 radical (unpaired) electrons. The standard InChI is InChI=1S/C12H14N2O3S/c1-8-6-10(9(2)18-8)12(16)14(5-4-13)7-11(15)17-3/h6H,5,7H2,1-3H3. The number of rotatable bonds is 4. The highest BCUT2D eigenvalue weighted by molar-refractivity contribution is 7.12. The van der Waals surface area contributed by atoms with Crippen molar-refractivity contribution >= 4 is 23.2 Å². The predicted octanol–water partition coefficient (Wildman–Crippen LogP) is 1.50. The van der Waals surface area contributed by atoms with Crippen molar-refractivity contribution in [1.82, 2.24) is 4.90 Å². The fraction of sp³-hybridized carbons (Fsp3) is 0.417. The molecule has 96 valence electrons. The average Bonchev–Trinajstić information content (AvgIpc) is 2.66. The normalized spacial score (nSPS) is 9.67. The number of amides is 1. The lowest BCUT2D eigenvalue weighted by molar-refractivity contribution is -0.141. The van der Waals surface area contributed by atoms with Crippen LogP contribution in [0.3, 0.4) is 0 Å². The van der Waals surface area contributed by atoms with Gasteiger partial charge in [-0.3, -0.25) is 9.59 Å². The maximum atomic E-state index is 12.2. The topological polar surface area (TPSA) is 70.4 Å². The van der Waals surface area contributed by atoms with E-state index in [1.54, 1.807) is 6.07 Å². The quantitative estimate of drug-likeness (QED) is 0.611. The highest BCUT2D eigenvalue weighted by Gasteiger charge is 2.21. The Morgan fingerprint density at radius 1 is 1.50 bits per heavy atom. The van der Waals surface area contributed by atoms with Crippen molar-refractivity contribution < 1.29 is 14.3 Å². The molecule has 1 heterocycles. The summed E-state index contributed by atoms with van der Waals surface area (Å²) in [5.74, 6) is -0.855. The number of methoxy groups -OCH3 is 1. The van der Waals surface area contributed by atoms with Crippen LogP contribution >= 0.6 is 11.3 Å². The summed E-state index contributed by atoms with van der Waals surface area (Å²) in [5.41, 5.74) is 0.539. The maximum absolute atomic E-state index is 12.2. The van der Waals surface area contributed by atoms with Crippen molar-refractivity contribution in [2.24, 2.45) is 0 Å². The van der Waals surface area contributed by atoms with Gasteiger partial charge in [0.2, 0.25) is 0 Å². The predicted molar refractivity (Wildman–Crippen MR) is 67.3 cm³/mol. The van der Waals surface area contributed by atoms with Gasteiger partial charge in [0.05, 0.1) is 18.7 Å². The minimum atomic E-state index is -0.539. The molecule has 0 atom stereocenters. The first-order valence-corrected chi connectivity index (χ1v) is 6.11. The zero-order chi connectivity index (χ0) is 13.7. The average molecular weight is 266 g/mol. The Labute approximate surface area is 110 Å². The number of carbonyl (C=O) groups is 2. The van der Waals surface area contributed by atoms with Crippen LogP contribution < -0.4 is 0 Å². The Balaban J connectivity index is 2.93. The SMILES string of the molecule is COC(=O)CN(CC#N)C(=O)c1cc(C)sc1C. The molecule has 5 nitrogen and oxygen atoms in total. The highest BCUT2D eigenvalue weighted by atomic mass is 32.1. The maximum Gasteiger partial charge on any atom is 0.325 e. The minimum Gasteiger partial charge on any atom is -0.468 e. The van der Waals surface area contributed by atoms with Crippen LogP contribution in [-0.4, -0.2) is 37.0 Å². The molecule has 0 unspecified atom stereocenters. The van der Waals surface area contributed by atoms with Crippen LogP contribution in [0.25, 0.3) is 0 Å². The van der Waals surface area contributed by atoms with Crippen LogP contribution in [0.5, 0.6) is 0 Å². The fourth-order valence-electron chi connectivity index (χ4n) is 1.52. The number of thiophene rings is 1. The van der Waals surface area contributed by atoms with E-state index in [2.05, 4.69) is 4.74 Å². The van der Waals surface area contributed by atoms with Crippen molar-refractivity contribution in [3.63, 3.8) is 0 Å². The van der Waals surface area contributed by atoms with Crippen LogP contribution in [0.4, 0.5) is 0 Å². The molecule has 0 aliphatic rings. The number of nitrogens with zero attached hydrogens (tertiary/aromatic N) is 2. The van der Waals surface area contributed by atoms with Gasteiger partial charge >= 0.3 is 5.97 Å². The minimum absolute atomic E-state index is 0.137. The first-order chi connectivity index (χ1) is 8.49. The molecule has 0 aliphatic carbocycles. The van der Waals surface area contributed by atoms with Crippen LogP contribution in [0.15, 0.2) is 6.07 Å². The van der Waals surface area contributed by atoms with Gasteiger partial charge in [-0.05, 0) is 19.9 Å². The Morgan fingerprint density at radius 3 is 2.61 bits per heavy atom. The molecule has 0 aromatic carbocycles. The van der Waals surface area contributed by atoms with Crippen LogP contribution in [-0.2, 0) is 9.53 Å². The molecule has 0 spiro atoms. The lowest BCUT2D eigenvalue weighted by Crippen LogP contribution is -2.36. The number of hydrogen-bond acceptors (Lipinski definition) is 5.